The summed E-state index contributed by atoms with van der Waals surface area (Å²) in [7, 11) is 0. The topological polar surface area (TPSA) is 67.2 Å². The highest BCUT2D eigenvalue weighted by Gasteiger charge is 2.21. The first-order valence-electron chi connectivity index (χ1n) is 7.28. The second kappa shape index (κ2) is 7.22. The molecule has 1 aromatic heterocycles. The van der Waals surface area contributed by atoms with Crippen LogP contribution in [0.25, 0.3) is 0 Å². The van der Waals surface area contributed by atoms with Crippen molar-refractivity contribution in [2.45, 2.75) is 51.6 Å². The minimum atomic E-state index is -0.202. The van der Waals surface area contributed by atoms with Crippen molar-refractivity contribution in [2.24, 2.45) is 5.92 Å². The van der Waals surface area contributed by atoms with Gasteiger partial charge in [-0.3, -0.25) is 4.79 Å². The van der Waals surface area contributed by atoms with Gasteiger partial charge < -0.3 is 10.4 Å². The molecule has 0 saturated heterocycles. The molecule has 2 rings (SSSR count). The number of nitrogens with zero attached hydrogens (tertiary/aromatic N) is 2. The lowest BCUT2D eigenvalue weighted by atomic mass is 9.84. The Morgan fingerprint density at radius 1 is 1.55 bits per heavy atom. The molecule has 0 bridgehead atoms. The van der Waals surface area contributed by atoms with Gasteiger partial charge in [-0.25, -0.2) is 4.68 Å². The quantitative estimate of drug-likeness (QED) is 0.861. The Morgan fingerprint density at radius 2 is 2.35 bits per heavy atom. The summed E-state index contributed by atoms with van der Waals surface area (Å²) in [6.07, 6.45) is 7.73. The van der Waals surface area contributed by atoms with Crippen LogP contribution in [0.5, 0.6) is 0 Å². The highest BCUT2D eigenvalue weighted by Crippen LogP contribution is 2.29. The SMILES string of the molecule is CCC1CCCC(Nc2cnn(CCO)c(=O)c2Br)C1. The molecule has 0 amide bonds. The number of rotatable bonds is 5. The summed E-state index contributed by atoms with van der Waals surface area (Å²) >= 11 is 3.34. The monoisotopic (exact) mass is 343 g/mol. The van der Waals surface area contributed by atoms with E-state index in [9.17, 15) is 4.79 Å². The molecule has 1 aliphatic rings. The standard InChI is InChI=1S/C14H22BrN3O2/c1-2-10-4-3-5-11(8-10)17-12-9-16-18(6-7-19)14(20)13(12)15/h9-11,17,19H,2-8H2,1H3. The van der Waals surface area contributed by atoms with Gasteiger partial charge >= 0.3 is 0 Å². The molecule has 112 valence electrons. The number of aromatic nitrogens is 2. The largest absolute Gasteiger partial charge is 0.394 e. The maximum Gasteiger partial charge on any atom is 0.283 e. The molecular weight excluding hydrogens is 322 g/mol. The molecule has 1 heterocycles. The minimum absolute atomic E-state index is 0.0904. The van der Waals surface area contributed by atoms with Crippen LogP contribution in [0.2, 0.25) is 0 Å². The summed E-state index contributed by atoms with van der Waals surface area (Å²) in [4.78, 5) is 12.0. The van der Waals surface area contributed by atoms with Gasteiger partial charge in [0.2, 0.25) is 0 Å². The summed E-state index contributed by atoms with van der Waals surface area (Å²) in [5.41, 5.74) is 0.554. The number of nitrogens with one attached hydrogen (secondary N) is 1. The highest BCUT2D eigenvalue weighted by molar-refractivity contribution is 9.10. The van der Waals surface area contributed by atoms with Crippen LogP contribution in [-0.2, 0) is 6.54 Å². The summed E-state index contributed by atoms with van der Waals surface area (Å²) in [5, 5.41) is 16.4. The molecule has 1 saturated carbocycles. The zero-order chi connectivity index (χ0) is 14.5. The van der Waals surface area contributed by atoms with E-state index in [0.717, 1.165) is 24.4 Å². The molecule has 0 aliphatic heterocycles. The number of hydrogen-bond acceptors (Lipinski definition) is 4. The van der Waals surface area contributed by atoms with Crippen molar-refractivity contribution in [3.8, 4) is 0 Å². The second-order valence-electron chi connectivity index (χ2n) is 5.41. The molecule has 2 atom stereocenters. The first-order valence-corrected chi connectivity index (χ1v) is 8.08. The molecule has 6 heteroatoms. The lowest BCUT2D eigenvalue weighted by molar-refractivity contribution is 0.266. The van der Waals surface area contributed by atoms with E-state index in [0.29, 0.717) is 10.5 Å². The molecule has 0 aromatic carbocycles. The zero-order valence-electron chi connectivity index (χ0n) is 11.8. The van der Waals surface area contributed by atoms with Gasteiger partial charge in [-0.2, -0.15) is 5.10 Å². The summed E-state index contributed by atoms with van der Waals surface area (Å²) in [5.74, 6) is 0.780. The van der Waals surface area contributed by atoms with Crippen LogP contribution in [0, 0.1) is 5.92 Å². The van der Waals surface area contributed by atoms with E-state index in [1.54, 1.807) is 6.20 Å². The maximum atomic E-state index is 12.0. The molecule has 5 nitrogen and oxygen atoms in total. The van der Waals surface area contributed by atoms with Crippen molar-refractivity contribution in [3.05, 3.63) is 21.0 Å². The summed E-state index contributed by atoms with van der Waals surface area (Å²) in [6, 6.07) is 0.417. The Kier molecular flexibility index (Phi) is 5.60. The Bertz CT molecular complexity index is 504. The van der Waals surface area contributed by atoms with Gasteiger partial charge in [0.15, 0.2) is 0 Å². The Hall–Kier alpha value is -0.880. The fourth-order valence-corrected chi connectivity index (χ4v) is 3.25. The lowest BCUT2D eigenvalue weighted by Crippen LogP contribution is -2.30. The molecule has 0 radical (unpaired) electrons. The number of hydrogen-bond donors (Lipinski definition) is 2. The van der Waals surface area contributed by atoms with Crippen molar-refractivity contribution < 1.29 is 5.11 Å². The van der Waals surface area contributed by atoms with Gasteiger partial charge in [0.25, 0.3) is 5.56 Å². The molecule has 2 unspecified atom stereocenters. The van der Waals surface area contributed by atoms with Crippen molar-refractivity contribution in [1.82, 2.24) is 9.78 Å². The van der Waals surface area contributed by atoms with E-state index in [4.69, 9.17) is 5.11 Å². The third-order valence-electron chi connectivity index (χ3n) is 4.02. The van der Waals surface area contributed by atoms with Crippen LogP contribution in [0.15, 0.2) is 15.5 Å². The fourth-order valence-electron chi connectivity index (χ4n) is 2.83. The number of aliphatic hydroxyl groups excluding tert-OH is 1. The van der Waals surface area contributed by atoms with Gasteiger partial charge in [-0.15, -0.1) is 0 Å². The zero-order valence-corrected chi connectivity index (χ0v) is 13.4. The van der Waals surface area contributed by atoms with Gasteiger partial charge in [0.1, 0.15) is 4.47 Å². The molecule has 20 heavy (non-hydrogen) atoms. The van der Waals surface area contributed by atoms with Crippen LogP contribution in [0.4, 0.5) is 5.69 Å². The first-order chi connectivity index (χ1) is 9.65. The minimum Gasteiger partial charge on any atom is -0.394 e. The Morgan fingerprint density at radius 3 is 3.05 bits per heavy atom. The van der Waals surface area contributed by atoms with Crippen molar-refractivity contribution >= 4 is 21.6 Å². The van der Waals surface area contributed by atoms with Gasteiger partial charge in [-0.05, 0) is 34.7 Å². The predicted molar refractivity (Wildman–Crippen MR) is 82.9 cm³/mol. The van der Waals surface area contributed by atoms with E-state index in [-0.39, 0.29) is 18.7 Å². The Labute approximate surface area is 127 Å². The molecule has 2 N–H and O–H groups in total. The molecular formula is C14H22BrN3O2. The van der Waals surface area contributed by atoms with Crippen LogP contribution in [0.1, 0.15) is 39.0 Å². The lowest BCUT2D eigenvalue weighted by Gasteiger charge is -2.30. The average Bonchev–Trinajstić information content (AvgIpc) is 2.47. The van der Waals surface area contributed by atoms with E-state index in [1.165, 1.54) is 23.9 Å². The van der Waals surface area contributed by atoms with Crippen LogP contribution in [0.3, 0.4) is 0 Å². The number of halogens is 1. The summed E-state index contributed by atoms with van der Waals surface area (Å²) < 4.78 is 1.77. The molecule has 1 aliphatic carbocycles. The second-order valence-corrected chi connectivity index (χ2v) is 6.20. The molecule has 0 spiro atoms. The van der Waals surface area contributed by atoms with Crippen molar-refractivity contribution in [1.29, 1.82) is 0 Å². The van der Waals surface area contributed by atoms with Gasteiger partial charge in [0, 0.05) is 6.04 Å². The van der Waals surface area contributed by atoms with E-state index in [2.05, 4.69) is 33.3 Å². The molecule has 1 fully saturated rings. The fraction of sp³-hybridized carbons (Fsp3) is 0.714. The number of aliphatic hydroxyl groups is 1. The smallest absolute Gasteiger partial charge is 0.283 e. The van der Waals surface area contributed by atoms with E-state index in [1.807, 2.05) is 0 Å². The van der Waals surface area contributed by atoms with E-state index >= 15 is 0 Å². The van der Waals surface area contributed by atoms with Gasteiger partial charge in [-0.1, -0.05) is 26.2 Å². The van der Waals surface area contributed by atoms with Gasteiger partial charge in [0.05, 0.1) is 25.0 Å². The summed E-state index contributed by atoms with van der Waals surface area (Å²) in [6.45, 7) is 2.37. The first kappa shape index (κ1) is 15.5. The van der Waals surface area contributed by atoms with Crippen LogP contribution < -0.4 is 10.9 Å². The maximum absolute atomic E-state index is 12.0. The number of anilines is 1. The average molecular weight is 344 g/mol. The van der Waals surface area contributed by atoms with Crippen LogP contribution in [-0.4, -0.2) is 27.5 Å². The Balaban J connectivity index is 2.10. The van der Waals surface area contributed by atoms with Crippen molar-refractivity contribution in [2.75, 3.05) is 11.9 Å². The third-order valence-corrected chi connectivity index (χ3v) is 4.78. The predicted octanol–water partition coefficient (Wildman–Crippen LogP) is 2.38. The highest BCUT2D eigenvalue weighted by atomic mass is 79.9. The van der Waals surface area contributed by atoms with Crippen LogP contribution >= 0.6 is 15.9 Å². The molecule has 1 aromatic rings. The van der Waals surface area contributed by atoms with Crippen molar-refractivity contribution in [3.63, 3.8) is 0 Å². The normalized spacial score (nSPS) is 22.8. The third kappa shape index (κ3) is 3.61. The van der Waals surface area contributed by atoms with E-state index < -0.39 is 0 Å².